The molecule has 0 bridgehead atoms. The van der Waals surface area contributed by atoms with Gasteiger partial charge in [0.2, 0.25) is 21.7 Å². The number of rotatable bonds is 5. The molecule has 158 valence electrons. The number of hydrogen-bond acceptors (Lipinski definition) is 8. The van der Waals surface area contributed by atoms with E-state index < -0.39 is 10.0 Å². The maximum absolute atomic E-state index is 13.2. The van der Waals surface area contributed by atoms with Gasteiger partial charge in [-0.3, -0.25) is 4.79 Å². The quantitative estimate of drug-likeness (QED) is 0.556. The van der Waals surface area contributed by atoms with E-state index in [1.165, 1.54) is 22.6 Å². The molecule has 1 fully saturated rings. The zero-order valence-corrected chi connectivity index (χ0v) is 18.6. The maximum atomic E-state index is 13.2. The monoisotopic (exact) mass is 446 g/mol. The summed E-state index contributed by atoms with van der Waals surface area (Å²) in [5.74, 6) is 0.868. The SMILES string of the molecule is CC(=O)c1ccc(N2CCN(S(=O)(=O)c3cc(-c4noc(C)n4)sc3C)CC2)cc1. The Morgan fingerprint density at radius 1 is 1.10 bits per heavy atom. The van der Waals surface area contributed by atoms with Crippen LogP contribution in [0.25, 0.3) is 10.7 Å². The lowest BCUT2D eigenvalue weighted by molar-refractivity contribution is 0.101. The van der Waals surface area contributed by atoms with Crippen molar-refractivity contribution in [2.45, 2.75) is 25.7 Å². The summed E-state index contributed by atoms with van der Waals surface area (Å²) in [5, 5.41) is 3.88. The molecule has 4 rings (SSSR count). The van der Waals surface area contributed by atoms with E-state index in [0.29, 0.717) is 58.1 Å². The number of nitrogens with zero attached hydrogens (tertiary/aromatic N) is 4. The normalized spacial score (nSPS) is 15.5. The fourth-order valence-electron chi connectivity index (χ4n) is 3.46. The zero-order chi connectivity index (χ0) is 21.5. The van der Waals surface area contributed by atoms with Crippen LogP contribution in [0.1, 0.15) is 28.0 Å². The number of carbonyl (C=O) groups excluding carboxylic acids is 1. The molecule has 30 heavy (non-hydrogen) atoms. The second kappa shape index (κ2) is 7.93. The average molecular weight is 447 g/mol. The van der Waals surface area contributed by atoms with E-state index in [0.717, 1.165) is 5.69 Å². The first kappa shape index (κ1) is 20.7. The van der Waals surface area contributed by atoms with Crippen LogP contribution in [0.3, 0.4) is 0 Å². The van der Waals surface area contributed by atoms with Gasteiger partial charge in [0.15, 0.2) is 5.78 Å². The highest BCUT2D eigenvalue weighted by Gasteiger charge is 2.31. The van der Waals surface area contributed by atoms with Gasteiger partial charge in [0.1, 0.15) is 0 Å². The number of ketones is 1. The number of thiophene rings is 1. The molecule has 0 aliphatic carbocycles. The van der Waals surface area contributed by atoms with Gasteiger partial charge in [0, 0.05) is 49.2 Å². The predicted molar refractivity (Wildman–Crippen MR) is 115 cm³/mol. The van der Waals surface area contributed by atoms with Crippen LogP contribution in [0.15, 0.2) is 39.8 Å². The summed E-state index contributed by atoms with van der Waals surface area (Å²) in [5.41, 5.74) is 1.65. The van der Waals surface area contributed by atoms with Crippen molar-refractivity contribution >= 4 is 32.8 Å². The Morgan fingerprint density at radius 3 is 2.33 bits per heavy atom. The second-order valence-corrected chi connectivity index (χ2v) is 10.3. The highest BCUT2D eigenvalue weighted by atomic mass is 32.2. The molecule has 1 aromatic carbocycles. The Hall–Kier alpha value is -2.56. The van der Waals surface area contributed by atoms with Crippen molar-refractivity contribution in [1.82, 2.24) is 14.4 Å². The first-order valence-electron chi connectivity index (χ1n) is 9.53. The molecule has 1 aliphatic heterocycles. The number of anilines is 1. The zero-order valence-electron chi connectivity index (χ0n) is 17.0. The van der Waals surface area contributed by atoms with Crippen LogP contribution < -0.4 is 4.90 Å². The molecule has 1 aliphatic rings. The van der Waals surface area contributed by atoms with E-state index in [1.807, 2.05) is 12.1 Å². The summed E-state index contributed by atoms with van der Waals surface area (Å²) in [6.07, 6.45) is 0. The summed E-state index contributed by atoms with van der Waals surface area (Å²) < 4.78 is 33.0. The molecule has 1 saturated heterocycles. The molecule has 3 heterocycles. The lowest BCUT2D eigenvalue weighted by Gasteiger charge is -2.35. The largest absolute Gasteiger partial charge is 0.369 e. The molecule has 0 spiro atoms. The van der Waals surface area contributed by atoms with Crippen LogP contribution in [-0.2, 0) is 10.0 Å². The third kappa shape index (κ3) is 3.90. The fourth-order valence-corrected chi connectivity index (χ4v) is 6.37. The number of aromatic nitrogens is 2. The van der Waals surface area contributed by atoms with Gasteiger partial charge in [-0.25, -0.2) is 8.42 Å². The predicted octanol–water partition coefficient (Wildman–Crippen LogP) is 3.13. The van der Waals surface area contributed by atoms with Crippen molar-refractivity contribution in [3.63, 3.8) is 0 Å². The molecule has 0 atom stereocenters. The number of piperazine rings is 1. The standard InChI is InChI=1S/C20H22N4O4S2/c1-13(25)16-4-6-17(7-5-16)23-8-10-24(11-9-23)30(26,27)19-12-18(29-14(19)2)20-21-15(3)28-22-20/h4-7,12H,8-11H2,1-3H3. The highest BCUT2D eigenvalue weighted by Crippen LogP contribution is 2.34. The van der Waals surface area contributed by atoms with E-state index in [1.54, 1.807) is 32.0 Å². The van der Waals surface area contributed by atoms with Gasteiger partial charge in [0.05, 0.1) is 9.77 Å². The summed E-state index contributed by atoms with van der Waals surface area (Å²) in [6, 6.07) is 9.05. The summed E-state index contributed by atoms with van der Waals surface area (Å²) in [6.45, 7) is 6.97. The van der Waals surface area contributed by atoms with Crippen LogP contribution in [-0.4, -0.2) is 54.8 Å². The van der Waals surface area contributed by atoms with Crippen molar-refractivity contribution in [1.29, 1.82) is 0 Å². The van der Waals surface area contributed by atoms with Crippen molar-refractivity contribution in [2.24, 2.45) is 0 Å². The Bertz CT molecular complexity index is 1170. The minimum atomic E-state index is -3.61. The molecular formula is C20H22N4O4S2. The summed E-state index contributed by atoms with van der Waals surface area (Å²) in [4.78, 5) is 19.4. The lowest BCUT2D eigenvalue weighted by Crippen LogP contribution is -2.48. The molecule has 10 heteroatoms. The number of carbonyl (C=O) groups is 1. The fraction of sp³-hybridized carbons (Fsp3) is 0.350. The number of hydrogen-bond donors (Lipinski definition) is 0. The van der Waals surface area contributed by atoms with Crippen molar-refractivity contribution in [3.8, 4) is 10.7 Å². The molecule has 3 aromatic rings. The molecule has 0 N–H and O–H groups in total. The van der Waals surface area contributed by atoms with Crippen molar-refractivity contribution < 1.29 is 17.7 Å². The Balaban J connectivity index is 1.49. The summed E-state index contributed by atoms with van der Waals surface area (Å²) >= 11 is 1.34. The van der Waals surface area contributed by atoms with Crippen molar-refractivity contribution in [2.75, 3.05) is 31.1 Å². The summed E-state index contributed by atoms with van der Waals surface area (Å²) in [7, 11) is -3.61. The maximum Gasteiger partial charge on any atom is 0.244 e. The Labute approximate surface area is 179 Å². The second-order valence-electron chi connectivity index (χ2n) is 7.16. The van der Waals surface area contributed by atoms with Crippen LogP contribution in [0, 0.1) is 13.8 Å². The molecular weight excluding hydrogens is 424 g/mol. The molecule has 8 nitrogen and oxygen atoms in total. The van der Waals surface area contributed by atoms with Crippen LogP contribution in [0.2, 0.25) is 0 Å². The molecule has 2 aromatic heterocycles. The van der Waals surface area contributed by atoms with E-state index in [9.17, 15) is 13.2 Å². The van der Waals surface area contributed by atoms with Gasteiger partial charge < -0.3 is 9.42 Å². The Kier molecular flexibility index (Phi) is 5.48. The van der Waals surface area contributed by atoms with E-state index in [-0.39, 0.29) is 5.78 Å². The van der Waals surface area contributed by atoms with Gasteiger partial charge in [-0.15, -0.1) is 11.3 Å². The first-order chi connectivity index (χ1) is 14.3. The van der Waals surface area contributed by atoms with Crippen LogP contribution in [0.4, 0.5) is 5.69 Å². The average Bonchev–Trinajstić information content (AvgIpc) is 3.34. The number of sulfonamides is 1. The van der Waals surface area contributed by atoms with E-state index in [2.05, 4.69) is 15.0 Å². The number of benzene rings is 1. The minimum absolute atomic E-state index is 0.0268. The van der Waals surface area contributed by atoms with E-state index >= 15 is 0 Å². The van der Waals surface area contributed by atoms with Crippen molar-refractivity contribution in [3.05, 3.63) is 46.7 Å². The highest BCUT2D eigenvalue weighted by molar-refractivity contribution is 7.89. The topological polar surface area (TPSA) is 96.6 Å². The number of aryl methyl sites for hydroxylation is 2. The van der Waals surface area contributed by atoms with Gasteiger partial charge in [0.25, 0.3) is 0 Å². The smallest absolute Gasteiger partial charge is 0.244 e. The van der Waals surface area contributed by atoms with Crippen LogP contribution in [0.5, 0.6) is 0 Å². The first-order valence-corrected chi connectivity index (χ1v) is 11.8. The van der Waals surface area contributed by atoms with Gasteiger partial charge in [-0.2, -0.15) is 9.29 Å². The molecule has 0 unspecified atom stereocenters. The third-order valence-electron chi connectivity index (χ3n) is 5.12. The van der Waals surface area contributed by atoms with Gasteiger partial charge >= 0.3 is 0 Å². The van der Waals surface area contributed by atoms with E-state index in [4.69, 9.17) is 4.52 Å². The minimum Gasteiger partial charge on any atom is -0.369 e. The number of Topliss-reactive ketones (excluding diaryl/α,β-unsaturated/α-hetero) is 1. The Morgan fingerprint density at radius 2 is 1.77 bits per heavy atom. The molecule has 0 saturated carbocycles. The third-order valence-corrected chi connectivity index (χ3v) is 8.32. The molecule has 0 radical (unpaired) electrons. The molecule has 0 amide bonds. The van der Waals surface area contributed by atoms with Gasteiger partial charge in [-0.1, -0.05) is 5.16 Å². The van der Waals surface area contributed by atoms with Gasteiger partial charge in [-0.05, 0) is 44.2 Å². The lowest BCUT2D eigenvalue weighted by atomic mass is 10.1. The van der Waals surface area contributed by atoms with Crippen LogP contribution >= 0.6 is 11.3 Å².